The number of carbonyl (C=O) groups excluding carboxylic acids is 1. The molecule has 0 saturated carbocycles. The van der Waals surface area contributed by atoms with Crippen LogP contribution in [-0.2, 0) is 6.42 Å². The maximum Gasteiger partial charge on any atom is 0.279 e. The third kappa shape index (κ3) is 3.50. The zero-order chi connectivity index (χ0) is 20.7. The molecule has 0 aliphatic carbocycles. The first-order chi connectivity index (χ1) is 14.6. The summed E-state index contributed by atoms with van der Waals surface area (Å²) in [6, 6.07) is 13.1. The average Bonchev–Trinajstić information content (AvgIpc) is 3.44. The molecule has 0 fully saturated rings. The number of rotatable bonds is 5. The third-order valence-corrected chi connectivity index (χ3v) is 5.75. The monoisotopic (exact) mass is 421 g/mol. The van der Waals surface area contributed by atoms with Crippen LogP contribution < -0.4 is 14.8 Å². The Morgan fingerprint density at radius 2 is 2.17 bits per heavy atom. The van der Waals surface area contributed by atoms with Crippen LogP contribution in [0.5, 0.6) is 11.5 Å². The first-order valence-corrected chi connectivity index (χ1v) is 10.5. The second kappa shape index (κ2) is 7.46. The molecule has 1 aliphatic heterocycles. The van der Waals surface area contributed by atoms with E-state index in [-0.39, 0.29) is 17.7 Å². The molecular formula is C22H19N3O4S. The van der Waals surface area contributed by atoms with Crippen LogP contribution in [-0.4, -0.2) is 28.8 Å². The molecule has 0 spiro atoms. The van der Waals surface area contributed by atoms with Crippen molar-refractivity contribution in [3.63, 3.8) is 0 Å². The van der Waals surface area contributed by atoms with Crippen LogP contribution in [0.25, 0.3) is 21.5 Å². The van der Waals surface area contributed by atoms with E-state index in [0.29, 0.717) is 17.5 Å². The molecule has 3 heterocycles. The van der Waals surface area contributed by atoms with Crippen molar-refractivity contribution in [3.05, 3.63) is 53.7 Å². The summed E-state index contributed by atoms with van der Waals surface area (Å²) in [6.07, 6.45) is 1.03. The van der Waals surface area contributed by atoms with Crippen LogP contribution in [0.1, 0.15) is 29.9 Å². The number of fused-ring (bicyclic) bond motifs is 2. The lowest BCUT2D eigenvalue weighted by Gasteiger charge is -2.02. The van der Waals surface area contributed by atoms with E-state index in [0.717, 1.165) is 39.3 Å². The first-order valence-electron chi connectivity index (χ1n) is 9.70. The topological polar surface area (TPSA) is 86.5 Å². The van der Waals surface area contributed by atoms with E-state index in [9.17, 15) is 4.79 Å². The van der Waals surface area contributed by atoms with E-state index in [1.54, 1.807) is 6.07 Å². The fourth-order valence-electron chi connectivity index (χ4n) is 3.47. The van der Waals surface area contributed by atoms with Gasteiger partial charge < -0.3 is 14.0 Å². The molecule has 1 unspecified atom stereocenters. The van der Waals surface area contributed by atoms with Gasteiger partial charge in [0.1, 0.15) is 17.6 Å². The fourth-order valence-corrected chi connectivity index (χ4v) is 4.36. The molecule has 1 amide bonds. The lowest BCUT2D eigenvalue weighted by molar-refractivity contribution is 0.101. The molecule has 0 saturated heterocycles. The third-order valence-electron chi connectivity index (χ3n) is 4.81. The smallest absolute Gasteiger partial charge is 0.279 e. The van der Waals surface area contributed by atoms with Crippen molar-refractivity contribution in [2.45, 2.75) is 26.4 Å². The Kier molecular flexibility index (Phi) is 4.63. The average molecular weight is 421 g/mol. The van der Waals surface area contributed by atoms with Crippen molar-refractivity contribution in [2.24, 2.45) is 0 Å². The molecule has 4 aromatic rings. The van der Waals surface area contributed by atoms with Crippen LogP contribution in [0.3, 0.4) is 0 Å². The van der Waals surface area contributed by atoms with Crippen LogP contribution in [0.15, 0.2) is 47.0 Å². The van der Waals surface area contributed by atoms with E-state index in [2.05, 4.69) is 15.5 Å². The molecule has 30 heavy (non-hydrogen) atoms. The van der Waals surface area contributed by atoms with Gasteiger partial charge >= 0.3 is 0 Å². The number of hydrogen-bond acceptors (Lipinski definition) is 7. The van der Waals surface area contributed by atoms with Gasteiger partial charge in [0, 0.05) is 18.1 Å². The second-order valence-corrected chi connectivity index (χ2v) is 8.10. The number of nitrogens with zero attached hydrogens (tertiary/aromatic N) is 2. The number of aromatic nitrogens is 2. The van der Waals surface area contributed by atoms with Gasteiger partial charge in [0.25, 0.3) is 5.91 Å². The van der Waals surface area contributed by atoms with Gasteiger partial charge in [-0.15, -0.1) is 0 Å². The minimum absolute atomic E-state index is 0.171. The van der Waals surface area contributed by atoms with Crippen LogP contribution in [0.2, 0.25) is 0 Å². The first kappa shape index (κ1) is 18.6. The molecule has 2 aromatic carbocycles. The number of anilines is 1. The summed E-state index contributed by atoms with van der Waals surface area (Å²) in [5, 5.41) is 7.22. The van der Waals surface area contributed by atoms with E-state index in [1.165, 1.54) is 11.3 Å². The number of ether oxygens (including phenoxy) is 2. The van der Waals surface area contributed by atoms with Crippen molar-refractivity contribution in [3.8, 4) is 22.8 Å². The fraction of sp³-hybridized carbons (Fsp3) is 0.227. The highest BCUT2D eigenvalue weighted by Crippen LogP contribution is 2.33. The molecular weight excluding hydrogens is 402 g/mol. The Bertz CT molecular complexity index is 1250. The number of amides is 1. The molecule has 1 N–H and O–H groups in total. The van der Waals surface area contributed by atoms with Crippen molar-refractivity contribution in [2.75, 3.05) is 11.9 Å². The maximum absolute atomic E-state index is 12.6. The Labute approximate surface area is 176 Å². The lowest BCUT2D eigenvalue weighted by Crippen LogP contribution is -2.11. The standard InChI is InChI=1S/C22H19N3O4S/c1-3-27-15-5-6-16-20(10-15)30-22(23-16)24-21(26)17-11-19(29-25-17)13-4-7-18-14(9-13)8-12(2)28-18/h4-7,9-12H,3,8H2,1-2H3,(H,23,24,26). The quantitative estimate of drug-likeness (QED) is 0.492. The van der Waals surface area contributed by atoms with Gasteiger partial charge in [-0.1, -0.05) is 16.5 Å². The highest BCUT2D eigenvalue weighted by atomic mass is 32.1. The van der Waals surface area contributed by atoms with Crippen LogP contribution in [0.4, 0.5) is 5.13 Å². The predicted octanol–water partition coefficient (Wildman–Crippen LogP) is 4.93. The Morgan fingerprint density at radius 3 is 3.03 bits per heavy atom. The second-order valence-electron chi connectivity index (χ2n) is 7.07. The molecule has 8 heteroatoms. The Hall–Kier alpha value is -3.39. The number of carbonyl (C=O) groups is 1. The Morgan fingerprint density at radius 1 is 1.27 bits per heavy atom. The lowest BCUT2D eigenvalue weighted by atomic mass is 10.1. The van der Waals surface area contributed by atoms with Gasteiger partial charge in [-0.2, -0.15) is 0 Å². The zero-order valence-corrected chi connectivity index (χ0v) is 17.3. The number of hydrogen-bond donors (Lipinski definition) is 1. The minimum atomic E-state index is -0.368. The minimum Gasteiger partial charge on any atom is -0.494 e. The van der Waals surface area contributed by atoms with E-state index in [1.807, 2.05) is 50.2 Å². The van der Waals surface area contributed by atoms with Crippen molar-refractivity contribution in [1.82, 2.24) is 10.1 Å². The predicted molar refractivity (Wildman–Crippen MR) is 114 cm³/mol. The molecule has 0 radical (unpaired) electrons. The van der Waals surface area contributed by atoms with Crippen molar-refractivity contribution < 1.29 is 18.8 Å². The zero-order valence-electron chi connectivity index (χ0n) is 16.5. The molecule has 7 nitrogen and oxygen atoms in total. The molecule has 1 atom stereocenters. The van der Waals surface area contributed by atoms with Gasteiger partial charge in [0.2, 0.25) is 0 Å². The summed E-state index contributed by atoms with van der Waals surface area (Å²) < 4.78 is 17.6. The number of nitrogens with one attached hydrogen (secondary N) is 1. The highest BCUT2D eigenvalue weighted by molar-refractivity contribution is 7.22. The molecule has 2 aromatic heterocycles. The summed E-state index contributed by atoms with van der Waals surface area (Å²) >= 11 is 1.38. The summed E-state index contributed by atoms with van der Waals surface area (Å²) in [5.41, 5.74) is 2.99. The largest absolute Gasteiger partial charge is 0.494 e. The molecule has 0 bridgehead atoms. The number of thiazole rings is 1. The van der Waals surface area contributed by atoms with Gasteiger partial charge in [-0.05, 0) is 55.8 Å². The van der Waals surface area contributed by atoms with E-state index < -0.39 is 0 Å². The molecule has 152 valence electrons. The van der Waals surface area contributed by atoms with E-state index >= 15 is 0 Å². The Balaban J connectivity index is 1.33. The number of benzene rings is 2. The van der Waals surface area contributed by atoms with Gasteiger partial charge in [-0.3, -0.25) is 10.1 Å². The molecule has 5 rings (SSSR count). The summed E-state index contributed by atoms with van der Waals surface area (Å²) in [5.74, 6) is 1.84. The highest BCUT2D eigenvalue weighted by Gasteiger charge is 2.21. The summed E-state index contributed by atoms with van der Waals surface area (Å²) in [6.45, 7) is 4.57. The normalized spacial score (nSPS) is 15.1. The van der Waals surface area contributed by atoms with Crippen molar-refractivity contribution >= 4 is 32.6 Å². The maximum atomic E-state index is 12.6. The van der Waals surface area contributed by atoms with Crippen LogP contribution in [0, 0.1) is 0 Å². The summed E-state index contributed by atoms with van der Waals surface area (Å²) in [7, 11) is 0. The van der Waals surface area contributed by atoms with E-state index in [4.69, 9.17) is 14.0 Å². The van der Waals surface area contributed by atoms with Gasteiger partial charge in [-0.25, -0.2) is 4.98 Å². The van der Waals surface area contributed by atoms with Crippen molar-refractivity contribution in [1.29, 1.82) is 0 Å². The summed E-state index contributed by atoms with van der Waals surface area (Å²) in [4.78, 5) is 17.1. The van der Waals surface area contributed by atoms with Gasteiger partial charge in [0.15, 0.2) is 16.6 Å². The molecule has 1 aliphatic rings. The van der Waals surface area contributed by atoms with Crippen LogP contribution >= 0.6 is 11.3 Å². The van der Waals surface area contributed by atoms with Gasteiger partial charge in [0.05, 0.1) is 16.8 Å². The SMILES string of the molecule is CCOc1ccc2nc(NC(=O)c3cc(-c4ccc5c(c4)CC(C)O5)on3)sc2c1.